The summed E-state index contributed by atoms with van der Waals surface area (Å²) >= 11 is 15.5. The molecule has 2 rings (SSSR count). The van der Waals surface area contributed by atoms with E-state index >= 15 is 0 Å². The molecule has 20 heavy (non-hydrogen) atoms. The van der Waals surface area contributed by atoms with E-state index in [0.29, 0.717) is 15.8 Å². The number of halogens is 3. The molecule has 1 N–H and O–H groups in total. The van der Waals surface area contributed by atoms with E-state index in [-0.39, 0.29) is 0 Å². The highest BCUT2D eigenvalue weighted by atomic mass is 79.9. The lowest BCUT2D eigenvalue weighted by Gasteiger charge is -2.11. The maximum atomic E-state index is 6.10. The van der Waals surface area contributed by atoms with Crippen molar-refractivity contribution in [1.29, 1.82) is 0 Å². The van der Waals surface area contributed by atoms with E-state index in [1.807, 2.05) is 18.2 Å². The van der Waals surface area contributed by atoms with Gasteiger partial charge < -0.3 is 10.1 Å². The quantitative estimate of drug-likeness (QED) is 0.729. The summed E-state index contributed by atoms with van der Waals surface area (Å²) in [6.45, 7) is 3.85. The average Bonchev–Trinajstić information content (AvgIpc) is 2.42. The van der Waals surface area contributed by atoms with Gasteiger partial charge in [0.25, 0.3) is 0 Å². The van der Waals surface area contributed by atoms with Crippen LogP contribution in [0.3, 0.4) is 0 Å². The van der Waals surface area contributed by atoms with Crippen molar-refractivity contribution < 1.29 is 4.74 Å². The number of hydrogen-bond acceptors (Lipinski definition) is 2. The lowest BCUT2D eigenvalue weighted by Crippen LogP contribution is -2.11. The van der Waals surface area contributed by atoms with Crippen LogP contribution in [0.2, 0.25) is 10.0 Å². The molecular weight excluding hydrogens is 361 g/mol. The molecule has 0 heterocycles. The van der Waals surface area contributed by atoms with Crippen LogP contribution in [0.4, 0.5) is 0 Å². The summed E-state index contributed by atoms with van der Waals surface area (Å²) in [7, 11) is 0. The van der Waals surface area contributed by atoms with Gasteiger partial charge in [0.2, 0.25) is 0 Å². The van der Waals surface area contributed by atoms with Crippen LogP contribution in [0.15, 0.2) is 40.9 Å². The van der Waals surface area contributed by atoms with Crippen LogP contribution in [-0.2, 0) is 6.54 Å². The van der Waals surface area contributed by atoms with Gasteiger partial charge in [-0.05, 0) is 58.4 Å². The Labute approximate surface area is 137 Å². The van der Waals surface area contributed by atoms with Gasteiger partial charge in [0.1, 0.15) is 11.5 Å². The van der Waals surface area contributed by atoms with Crippen LogP contribution in [0, 0.1) is 0 Å². The smallest absolute Gasteiger partial charge is 0.146 e. The lowest BCUT2D eigenvalue weighted by molar-refractivity contribution is 0.479. The number of rotatable bonds is 5. The molecule has 0 saturated carbocycles. The van der Waals surface area contributed by atoms with Crippen LogP contribution in [-0.4, -0.2) is 6.54 Å². The van der Waals surface area contributed by atoms with Crippen molar-refractivity contribution in [3.05, 3.63) is 56.5 Å². The summed E-state index contributed by atoms with van der Waals surface area (Å²) in [5.74, 6) is 1.30. The van der Waals surface area contributed by atoms with Crippen molar-refractivity contribution in [1.82, 2.24) is 5.32 Å². The van der Waals surface area contributed by atoms with Gasteiger partial charge in [-0.2, -0.15) is 0 Å². The summed E-state index contributed by atoms with van der Waals surface area (Å²) in [5, 5.41) is 4.35. The van der Waals surface area contributed by atoms with E-state index in [9.17, 15) is 0 Å². The zero-order valence-corrected chi connectivity index (χ0v) is 14.0. The molecule has 5 heteroatoms. The topological polar surface area (TPSA) is 21.3 Å². The van der Waals surface area contributed by atoms with Gasteiger partial charge in [-0.3, -0.25) is 0 Å². The van der Waals surface area contributed by atoms with Crippen molar-refractivity contribution in [2.24, 2.45) is 0 Å². The molecule has 0 saturated heterocycles. The minimum absolute atomic E-state index is 0.487. The molecule has 2 aromatic rings. The van der Waals surface area contributed by atoms with E-state index < -0.39 is 0 Å². The maximum absolute atomic E-state index is 6.10. The van der Waals surface area contributed by atoms with Crippen molar-refractivity contribution in [3.63, 3.8) is 0 Å². The Balaban J connectivity index is 2.17. The first kappa shape index (κ1) is 15.6. The molecule has 0 atom stereocenters. The highest BCUT2D eigenvalue weighted by Crippen LogP contribution is 2.35. The molecule has 2 nitrogen and oxygen atoms in total. The normalized spacial score (nSPS) is 10.6. The van der Waals surface area contributed by atoms with E-state index in [0.717, 1.165) is 23.3 Å². The standard InChI is InChI=1S/C15H14BrCl2NO/c1-2-19-9-10-3-5-14(12(16)7-10)20-15-6-4-11(17)8-13(15)18/h3-8,19H,2,9H2,1H3. The Morgan fingerprint density at radius 2 is 1.85 bits per heavy atom. The van der Waals surface area contributed by atoms with Gasteiger partial charge in [0.05, 0.1) is 9.50 Å². The number of hydrogen-bond donors (Lipinski definition) is 1. The predicted octanol–water partition coefficient (Wildman–Crippen LogP) is 5.66. The van der Waals surface area contributed by atoms with Crippen LogP contribution in [0.25, 0.3) is 0 Å². The number of ether oxygens (including phenoxy) is 1. The number of nitrogens with one attached hydrogen (secondary N) is 1. The Bertz CT molecular complexity index is 604. The zero-order chi connectivity index (χ0) is 14.5. The minimum atomic E-state index is 0.487. The van der Waals surface area contributed by atoms with Crippen LogP contribution >= 0.6 is 39.1 Å². The molecule has 106 valence electrons. The van der Waals surface area contributed by atoms with Crippen LogP contribution in [0.1, 0.15) is 12.5 Å². The van der Waals surface area contributed by atoms with Gasteiger partial charge >= 0.3 is 0 Å². The van der Waals surface area contributed by atoms with Crippen molar-refractivity contribution in [2.45, 2.75) is 13.5 Å². The molecule has 0 aromatic heterocycles. The monoisotopic (exact) mass is 373 g/mol. The minimum Gasteiger partial charge on any atom is -0.455 e. The third-order valence-electron chi connectivity index (χ3n) is 2.69. The van der Waals surface area contributed by atoms with Gasteiger partial charge in [-0.1, -0.05) is 36.2 Å². The first-order chi connectivity index (χ1) is 9.60. The van der Waals surface area contributed by atoms with Crippen molar-refractivity contribution in [2.75, 3.05) is 6.54 Å². The van der Waals surface area contributed by atoms with Crippen LogP contribution in [0.5, 0.6) is 11.5 Å². The second kappa shape index (κ2) is 7.32. The highest BCUT2D eigenvalue weighted by molar-refractivity contribution is 9.10. The van der Waals surface area contributed by atoms with Gasteiger partial charge in [0.15, 0.2) is 0 Å². The summed E-state index contributed by atoms with van der Waals surface area (Å²) in [4.78, 5) is 0. The summed E-state index contributed by atoms with van der Waals surface area (Å²) < 4.78 is 6.68. The molecule has 0 amide bonds. The maximum Gasteiger partial charge on any atom is 0.146 e. The molecule has 0 unspecified atom stereocenters. The molecule has 0 aliphatic carbocycles. The molecule has 0 spiro atoms. The van der Waals surface area contributed by atoms with Crippen molar-refractivity contribution in [3.8, 4) is 11.5 Å². The molecule has 0 bridgehead atoms. The third-order valence-corrected chi connectivity index (χ3v) is 3.84. The Hall–Kier alpha value is -0.740. The van der Waals surface area contributed by atoms with Gasteiger partial charge in [0, 0.05) is 11.6 Å². The molecule has 0 radical (unpaired) electrons. The summed E-state index contributed by atoms with van der Waals surface area (Å²) in [6.07, 6.45) is 0. The van der Waals surface area contributed by atoms with E-state index in [4.69, 9.17) is 27.9 Å². The van der Waals surface area contributed by atoms with Crippen molar-refractivity contribution >= 4 is 39.1 Å². The van der Waals surface area contributed by atoms with Crippen LogP contribution < -0.4 is 10.1 Å². The zero-order valence-electron chi connectivity index (χ0n) is 10.9. The summed E-state index contributed by atoms with van der Waals surface area (Å²) in [6, 6.07) is 11.1. The highest BCUT2D eigenvalue weighted by Gasteiger charge is 2.07. The molecule has 0 aliphatic rings. The second-order valence-electron chi connectivity index (χ2n) is 4.22. The van der Waals surface area contributed by atoms with Gasteiger partial charge in [-0.15, -0.1) is 0 Å². The number of benzene rings is 2. The molecule has 0 fully saturated rings. The lowest BCUT2D eigenvalue weighted by atomic mass is 10.2. The largest absolute Gasteiger partial charge is 0.455 e. The fraction of sp³-hybridized carbons (Fsp3) is 0.200. The summed E-state index contributed by atoms with van der Waals surface area (Å²) in [5.41, 5.74) is 1.19. The SMILES string of the molecule is CCNCc1ccc(Oc2ccc(Cl)cc2Cl)c(Br)c1. The Morgan fingerprint density at radius 3 is 2.50 bits per heavy atom. The molecule has 2 aromatic carbocycles. The Kier molecular flexibility index (Phi) is 5.73. The first-order valence-corrected chi connectivity index (χ1v) is 7.77. The van der Waals surface area contributed by atoms with Gasteiger partial charge in [-0.25, -0.2) is 0 Å². The van der Waals surface area contributed by atoms with E-state index in [1.54, 1.807) is 18.2 Å². The van der Waals surface area contributed by atoms with E-state index in [2.05, 4.69) is 28.2 Å². The third kappa shape index (κ3) is 4.13. The first-order valence-electron chi connectivity index (χ1n) is 6.22. The fourth-order valence-electron chi connectivity index (χ4n) is 1.68. The van der Waals surface area contributed by atoms with E-state index in [1.165, 1.54) is 5.56 Å². The predicted molar refractivity (Wildman–Crippen MR) is 88.1 cm³/mol. The second-order valence-corrected chi connectivity index (χ2v) is 5.92. The molecule has 0 aliphatic heterocycles. The average molecular weight is 375 g/mol. The fourth-order valence-corrected chi connectivity index (χ4v) is 2.64. The Morgan fingerprint density at radius 1 is 1.10 bits per heavy atom. The molecular formula is C15H14BrCl2NO.